The van der Waals surface area contributed by atoms with Crippen molar-refractivity contribution >= 4 is 0 Å². The predicted molar refractivity (Wildman–Crippen MR) is 60.3 cm³/mol. The summed E-state index contributed by atoms with van der Waals surface area (Å²) in [5, 5.41) is 14.9. The van der Waals surface area contributed by atoms with Crippen molar-refractivity contribution in [1.82, 2.24) is 25.5 Å². The molecule has 2 rings (SSSR count). The number of hydrogen-bond acceptors (Lipinski definition) is 6. The second kappa shape index (κ2) is 5.07. The van der Waals surface area contributed by atoms with Crippen LogP contribution in [0.5, 0.6) is 0 Å². The maximum absolute atomic E-state index is 5.87. The summed E-state index contributed by atoms with van der Waals surface area (Å²) in [6.45, 7) is 6.72. The molecule has 1 aliphatic rings. The summed E-state index contributed by atoms with van der Waals surface area (Å²) in [4.78, 5) is 1.42. The van der Waals surface area contributed by atoms with Crippen LogP contribution >= 0.6 is 0 Å². The standard InChI is InChI=1S/C10H19N5O2/c1-10(2)7-11-4-8(17-10)5-16-6-9-12-14-15(3)13-9/h8,11H,4-7H2,1-3H3. The highest BCUT2D eigenvalue weighted by Crippen LogP contribution is 2.15. The van der Waals surface area contributed by atoms with Gasteiger partial charge in [0.05, 0.1) is 25.4 Å². The van der Waals surface area contributed by atoms with Crippen LogP contribution in [0.1, 0.15) is 19.7 Å². The van der Waals surface area contributed by atoms with Crippen molar-refractivity contribution in [2.45, 2.75) is 32.2 Å². The van der Waals surface area contributed by atoms with Gasteiger partial charge in [-0.1, -0.05) is 0 Å². The molecule has 0 bridgehead atoms. The summed E-state index contributed by atoms with van der Waals surface area (Å²) in [6, 6.07) is 0. The lowest BCUT2D eigenvalue weighted by molar-refractivity contribution is -0.122. The van der Waals surface area contributed by atoms with Gasteiger partial charge in [-0.25, -0.2) is 0 Å². The normalized spacial score (nSPS) is 23.8. The van der Waals surface area contributed by atoms with Gasteiger partial charge in [0.15, 0.2) is 5.82 Å². The number of nitrogens with one attached hydrogen (secondary N) is 1. The molecule has 0 saturated carbocycles. The van der Waals surface area contributed by atoms with Gasteiger partial charge in [-0.3, -0.25) is 0 Å². The van der Waals surface area contributed by atoms with Crippen LogP contribution in [-0.2, 0) is 23.1 Å². The average Bonchev–Trinajstić information content (AvgIpc) is 2.63. The SMILES string of the molecule is Cn1nnc(COCC2CNCC(C)(C)O2)n1. The number of hydrogen-bond donors (Lipinski definition) is 1. The van der Waals surface area contributed by atoms with Gasteiger partial charge < -0.3 is 14.8 Å². The van der Waals surface area contributed by atoms with Crippen LogP contribution in [0.4, 0.5) is 0 Å². The van der Waals surface area contributed by atoms with Gasteiger partial charge >= 0.3 is 0 Å². The predicted octanol–water partition coefficient (Wildman–Crippen LogP) is -0.506. The van der Waals surface area contributed by atoms with E-state index in [1.54, 1.807) is 7.05 Å². The van der Waals surface area contributed by atoms with Crippen LogP contribution < -0.4 is 5.32 Å². The van der Waals surface area contributed by atoms with Gasteiger partial charge in [0.2, 0.25) is 0 Å². The molecule has 1 fully saturated rings. The molecule has 0 spiro atoms. The molecule has 7 heteroatoms. The second-order valence-corrected chi connectivity index (χ2v) is 4.84. The van der Waals surface area contributed by atoms with E-state index in [-0.39, 0.29) is 11.7 Å². The van der Waals surface area contributed by atoms with Crippen molar-refractivity contribution in [2.24, 2.45) is 7.05 Å². The summed E-state index contributed by atoms with van der Waals surface area (Å²) in [5.41, 5.74) is -0.128. The topological polar surface area (TPSA) is 74.1 Å². The molecule has 96 valence electrons. The average molecular weight is 241 g/mol. The molecule has 7 nitrogen and oxygen atoms in total. The lowest BCUT2D eigenvalue weighted by Gasteiger charge is -2.36. The maximum Gasteiger partial charge on any atom is 0.200 e. The highest BCUT2D eigenvalue weighted by molar-refractivity contribution is 4.81. The van der Waals surface area contributed by atoms with E-state index >= 15 is 0 Å². The van der Waals surface area contributed by atoms with E-state index in [1.807, 2.05) is 0 Å². The largest absolute Gasteiger partial charge is 0.371 e. The van der Waals surface area contributed by atoms with Crippen molar-refractivity contribution in [3.8, 4) is 0 Å². The van der Waals surface area contributed by atoms with E-state index in [0.717, 1.165) is 13.1 Å². The Bertz CT molecular complexity index is 365. The molecule has 0 aromatic carbocycles. The first-order chi connectivity index (χ1) is 8.05. The van der Waals surface area contributed by atoms with Crippen LogP contribution in [0.3, 0.4) is 0 Å². The van der Waals surface area contributed by atoms with Crippen LogP contribution in [-0.4, -0.2) is 51.6 Å². The van der Waals surface area contributed by atoms with Crippen molar-refractivity contribution in [3.63, 3.8) is 0 Å². The third kappa shape index (κ3) is 3.72. The monoisotopic (exact) mass is 241 g/mol. The first-order valence-corrected chi connectivity index (χ1v) is 5.74. The summed E-state index contributed by atoms with van der Waals surface area (Å²) >= 11 is 0. The Labute approximate surface area is 100 Å². The minimum atomic E-state index is -0.128. The van der Waals surface area contributed by atoms with Crippen LogP contribution in [0.25, 0.3) is 0 Å². The molecule has 1 atom stereocenters. The third-order valence-corrected chi connectivity index (χ3v) is 2.49. The van der Waals surface area contributed by atoms with Gasteiger partial charge in [-0.2, -0.15) is 4.80 Å². The lowest BCUT2D eigenvalue weighted by atomic mass is 10.1. The van der Waals surface area contributed by atoms with E-state index < -0.39 is 0 Å². The Morgan fingerprint density at radius 3 is 3.06 bits per heavy atom. The molecule has 0 amide bonds. The third-order valence-electron chi connectivity index (χ3n) is 2.49. The molecule has 2 heterocycles. The van der Waals surface area contributed by atoms with Crippen LogP contribution in [0.15, 0.2) is 0 Å². The van der Waals surface area contributed by atoms with Crippen molar-refractivity contribution < 1.29 is 9.47 Å². The molecule has 1 unspecified atom stereocenters. The minimum absolute atomic E-state index is 0.0791. The molecule has 0 aliphatic carbocycles. The Kier molecular flexibility index (Phi) is 3.70. The number of aryl methyl sites for hydroxylation is 1. The molecule has 1 aliphatic heterocycles. The highest BCUT2D eigenvalue weighted by atomic mass is 16.5. The second-order valence-electron chi connectivity index (χ2n) is 4.84. The fourth-order valence-electron chi connectivity index (χ4n) is 1.82. The molecule has 1 aromatic rings. The molecule has 0 radical (unpaired) electrons. The minimum Gasteiger partial charge on any atom is -0.371 e. The highest BCUT2D eigenvalue weighted by Gasteiger charge is 2.28. The number of rotatable bonds is 4. The van der Waals surface area contributed by atoms with Crippen molar-refractivity contribution in [2.75, 3.05) is 19.7 Å². The summed E-state index contributed by atoms with van der Waals surface area (Å²) in [6.07, 6.45) is 0.0791. The van der Waals surface area contributed by atoms with E-state index in [1.165, 1.54) is 4.80 Å². The first kappa shape index (κ1) is 12.4. The number of ether oxygens (including phenoxy) is 2. The van der Waals surface area contributed by atoms with E-state index in [2.05, 4.69) is 34.6 Å². The number of nitrogens with zero attached hydrogens (tertiary/aromatic N) is 4. The van der Waals surface area contributed by atoms with Crippen molar-refractivity contribution in [1.29, 1.82) is 0 Å². The van der Waals surface area contributed by atoms with Gasteiger partial charge in [0.1, 0.15) is 6.61 Å². The zero-order chi connectivity index (χ0) is 12.3. The van der Waals surface area contributed by atoms with Crippen molar-refractivity contribution in [3.05, 3.63) is 5.82 Å². The van der Waals surface area contributed by atoms with E-state index in [9.17, 15) is 0 Å². The maximum atomic E-state index is 5.87. The lowest BCUT2D eigenvalue weighted by Crippen LogP contribution is -2.51. The Morgan fingerprint density at radius 1 is 1.59 bits per heavy atom. The zero-order valence-corrected chi connectivity index (χ0v) is 10.5. The van der Waals surface area contributed by atoms with E-state index in [0.29, 0.717) is 19.0 Å². The summed E-state index contributed by atoms with van der Waals surface area (Å²) in [5.74, 6) is 0.593. The smallest absolute Gasteiger partial charge is 0.200 e. The molecule has 1 aromatic heterocycles. The number of morpholine rings is 1. The molecule has 1 N–H and O–H groups in total. The van der Waals surface area contributed by atoms with Gasteiger partial charge in [-0.05, 0) is 19.1 Å². The Morgan fingerprint density at radius 2 is 2.41 bits per heavy atom. The Balaban J connectivity index is 1.71. The number of tetrazole rings is 1. The number of aromatic nitrogens is 4. The van der Waals surface area contributed by atoms with Gasteiger partial charge in [0, 0.05) is 13.1 Å². The molecule has 17 heavy (non-hydrogen) atoms. The fourth-order valence-corrected chi connectivity index (χ4v) is 1.82. The Hall–Kier alpha value is -1.05. The van der Waals surface area contributed by atoms with Crippen LogP contribution in [0, 0.1) is 0 Å². The van der Waals surface area contributed by atoms with Gasteiger partial charge in [-0.15, -0.1) is 10.2 Å². The zero-order valence-electron chi connectivity index (χ0n) is 10.5. The first-order valence-electron chi connectivity index (χ1n) is 5.74. The van der Waals surface area contributed by atoms with E-state index in [4.69, 9.17) is 9.47 Å². The molecular formula is C10H19N5O2. The fraction of sp³-hybridized carbons (Fsp3) is 0.900. The quantitative estimate of drug-likeness (QED) is 0.765. The summed E-state index contributed by atoms with van der Waals surface area (Å²) < 4.78 is 11.4. The molecule has 1 saturated heterocycles. The van der Waals surface area contributed by atoms with Gasteiger partial charge in [0.25, 0.3) is 0 Å². The van der Waals surface area contributed by atoms with Crippen LogP contribution in [0.2, 0.25) is 0 Å². The molecular weight excluding hydrogens is 222 g/mol. The summed E-state index contributed by atoms with van der Waals surface area (Å²) in [7, 11) is 1.73.